The van der Waals surface area contributed by atoms with E-state index in [4.69, 9.17) is 4.74 Å². The lowest BCUT2D eigenvalue weighted by molar-refractivity contribution is -0.116. The molecule has 5 heteroatoms. The zero-order valence-electron chi connectivity index (χ0n) is 16.4. The van der Waals surface area contributed by atoms with Gasteiger partial charge in [0, 0.05) is 36.0 Å². The van der Waals surface area contributed by atoms with Gasteiger partial charge in [0.15, 0.2) is 0 Å². The SMILES string of the molecule is COc1ccc(C(=O)Nc2ccc3c(c2)N(C(C)=O)CC3)cc1-c1ccccc1. The second-order valence-corrected chi connectivity index (χ2v) is 7.00. The van der Waals surface area contributed by atoms with Crippen molar-refractivity contribution < 1.29 is 14.3 Å². The smallest absolute Gasteiger partial charge is 0.255 e. The van der Waals surface area contributed by atoms with Crippen molar-refractivity contribution in [2.45, 2.75) is 13.3 Å². The maximum Gasteiger partial charge on any atom is 0.255 e. The highest BCUT2D eigenvalue weighted by atomic mass is 16.5. The van der Waals surface area contributed by atoms with Crippen LogP contribution in [0.25, 0.3) is 11.1 Å². The van der Waals surface area contributed by atoms with Gasteiger partial charge in [-0.25, -0.2) is 0 Å². The number of fused-ring (bicyclic) bond motifs is 1. The van der Waals surface area contributed by atoms with E-state index in [0.29, 0.717) is 23.5 Å². The Morgan fingerprint density at radius 3 is 2.52 bits per heavy atom. The second-order valence-electron chi connectivity index (χ2n) is 7.00. The Balaban J connectivity index is 1.61. The molecule has 0 saturated carbocycles. The largest absolute Gasteiger partial charge is 0.496 e. The Morgan fingerprint density at radius 1 is 1.00 bits per heavy atom. The minimum absolute atomic E-state index is 0.00915. The number of hydrogen-bond acceptors (Lipinski definition) is 3. The van der Waals surface area contributed by atoms with Crippen LogP contribution in [0.2, 0.25) is 0 Å². The van der Waals surface area contributed by atoms with Crippen LogP contribution in [-0.4, -0.2) is 25.5 Å². The third-order valence-electron chi connectivity index (χ3n) is 5.17. The van der Waals surface area contributed by atoms with E-state index in [-0.39, 0.29) is 11.8 Å². The Morgan fingerprint density at radius 2 is 1.79 bits per heavy atom. The average molecular weight is 386 g/mol. The molecule has 0 atom stereocenters. The van der Waals surface area contributed by atoms with E-state index in [0.717, 1.165) is 28.8 Å². The van der Waals surface area contributed by atoms with Crippen molar-refractivity contribution in [3.8, 4) is 16.9 Å². The molecule has 3 aromatic rings. The quantitative estimate of drug-likeness (QED) is 0.717. The van der Waals surface area contributed by atoms with E-state index < -0.39 is 0 Å². The molecule has 0 radical (unpaired) electrons. The van der Waals surface area contributed by atoms with Gasteiger partial charge in [0.25, 0.3) is 5.91 Å². The number of carbonyl (C=O) groups excluding carboxylic acids is 2. The molecule has 4 rings (SSSR count). The first kappa shape index (κ1) is 18.7. The van der Waals surface area contributed by atoms with Gasteiger partial charge in [-0.3, -0.25) is 9.59 Å². The fourth-order valence-electron chi connectivity index (χ4n) is 3.68. The van der Waals surface area contributed by atoms with Crippen LogP contribution in [0.1, 0.15) is 22.8 Å². The summed E-state index contributed by atoms with van der Waals surface area (Å²) in [4.78, 5) is 26.4. The first-order chi connectivity index (χ1) is 14.1. The number of nitrogens with zero attached hydrogens (tertiary/aromatic N) is 1. The summed E-state index contributed by atoms with van der Waals surface area (Å²) in [5.41, 5.74) is 5.03. The van der Waals surface area contributed by atoms with Crippen molar-refractivity contribution in [1.82, 2.24) is 0 Å². The number of methoxy groups -OCH3 is 1. The average Bonchev–Trinajstić information content (AvgIpc) is 3.17. The predicted molar refractivity (Wildman–Crippen MR) is 115 cm³/mol. The Labute approximate surface area is 169 Å². The topological polar surface area (TPSA) is 58.6 Å². The van der Waals surface area contributed by atoms with Crippen molar-refractivity contribution >= 4 is 23.2 Å². The third kappa shape index (κ3) is 3.72. The van der Waals surface area contributed by atoms with Crippen LogP contribution in [0.4, 0.5) is 11.4 Å². The second kappa shape index (κ2) is 7.80. The molecule has 0 aliphatic carbocycles. The number of hydrogen-bond donors (Lipinski definition) is 1. The number of ether oxygens (including phenoxy) is 1. The van der Waals surface area contributed by atoms with E-state index in [1.807, 2.05) is 54.6 Å². The van der Waals surface area contributed by atoms with Gasteiger partial charge in [0.2, 0.25) is 5.91 Å². The van der Waals surface area contributed by atoms with Gasteiger partial charge in [-0.05, 0) is 47.9 Å². The fraction of sp³-hybridized carbons (Fsp3) is 0.167. The lowest BCUT2D eigenvalue weighted by Gasteiger charge is -2.16. The number of rotatable bonds is 4. The van der Waals surface area contributed by atoms with Crippen LogP contribution in [0.3, 0.4) is 0 Å². The van der Waals surface area contributed by atoms with Gasteiger partial charge in [-0.2, -0.15) is 0 Å². The van der Waals surface area contributed by atoms with Gasteiger partial charge in [0.1, 0.15) is 5.75 Å². The molecule has 2 amide bonds. The molecule has 0 aromatic heterocycles. The van der Waals surface area contributed by atoms with E-state index in [9.17, 15) is 9.59 Å². The predicted octanol–water partition coefficient (Wildman–Crippen LogP) is 4.52. The molecular weight excluding hydrogens is 364 g/mol. The van der Waals surface area contributed by atoms with Crippen LogP contribution in [0.15, 0.2) is 66.7 Å². The van der Waals surface area contributed by atoms with Crippen molar-refractivity contribution in [3.05, 3.63) is 77.9 Å². The molecule has 1 aliphatic rings. The normalized spacial score (nSPS) is 12.4. The van der Waals surface area contributed by atoms with Crippen molar-refractivity contribution in [2.75, 3.05) is 23.9 Å². The fourth-order valence-corrected chi connectivity index (χ4v) is 3.68. The minimum Gasteiger partial charge on any atom is -0.496 e. The summed E-state index contributed by atoms with van der Waals surface area (Å²) in [5.74, 6) is 0.509. The molecule has 1 N–H and O–H groups in total. The minimum atomic E-state index is -0.211. The van der Waals surface area contributed by atoms with Crippen molar-refractivity contribution in [2.24, 2.45) is 0 Å². The number of nitrogens with one attached hydrogen (secondary N) is 1. The molecule has 0 spiro atoms. The summed E-state index contributed by atoms with van der Waals surface area (Å²) in [7, 11) is 1.62. The lowest BCUT2D eigenvalue weighted by Crippen LogP contribution is -2.25. The van der Waals surface area contributed by atoms with Crippen LogP contribution < -0.4 is 15.0 Å². The lowest BCUT2D eigenvalue weighted by atomic mass is 10.0. The van der Waals surface area contributed by atoms with E-state index in [1.54, 1.807) is 31.1 Å². The van der Waals surface area contributed by atoms with Gasteiger partial charge in [0.05, 0.1) is 7.11 Å². The maximum atomic E-state index is 12.9. The number of anilines is 2. The molecule has 0 saturated heterocycles. The van der Waals surface area contributed by atoms with E-state index >= 15 is 0 Å². The zero-order chi connectivity index (χ0) is 20.4. The van der Waals surface area contributed by atoms with E-state index in [2.05, 4.69) is 5.32 Å². The molecule has 146 valence electrons. The van der Waals surface area contributed by atoms with Crippen LogP contribution in [0.5, 0.6) is 5.75 Å². The Kier molecular flexibility index (Phi) is 5.04. The molecule has 3 aromatic carbocycles. The number of carbonyl (C=O) groups is 2. The summed E-state index contributed by atoms with van der Waals surface area (Å²) in [6, 6.07) is 20.9. The summed E-state index contributed by atoms with van der Waals surface area (Å²) in [5, 5.41) is 2.95. The molecule has 0 bridgehead atoms. The summed E-state index contributed by atoms with van der Waals surface area (Å²) >= 11 is 0. The van der Waals surface area contributed by atoms with E-state index in [1.165, 1.54) is 0 Å². The standard InChI is InChI=1S/C24H22N2O3/c1-16(27)26-13-12-18-8-10-20(15-22(18)26)25-24(28)19-9-11-23(29-2)21(14-19)17-6-4-3-5-7-17/h3-11,14-15H,12-13H2,1-2H3,(H,25,28). The van der Waals surface area contributed by atoms with Gasteiger partial charge in [-0.15, -0.1) is 0 Å². The van der Waals surface area contributed by atoms with Crippen molar-refractivity contribution in [3.63, 3.8) is 0 Å². The Bertz CT molecular complexity index is 1080. The highest BCUT2D eigenvalue weighted by Gasteiger charge is 2.22. The molecule has 29 heavy (non-hydrogen) atoms. The summed E-state index contributed by atoms with van der Waals surface area (Å²) in [6.45, 7) is 2.24. The Hall–Kier alpha value is -3.60. The van der Waals surface area contributed by atoms with Crippen LogP contribution in [-0.2, 0) is 11.2 Å². The number of benzene rings is 3. The monoisotopic (exact) mass is 386 g/mol. The molecule has 1 heterocycles. The zero-order valence-corrected chi connectivity index (χ0v) is 16.4. The van der Waals surface area contributed by atoms with Gasteiger partial charge < -0.3 is 15.0 Å². The first-order valence-corrected chi connectivity index (χ1v) is 9.52. The maximum absolute atomic E-state index is 12.9. The molecule has 0 fully saturated rings. The van der Waals surface area contributed by atoms with Crippen LogP contribution in [0, 0.1) is 0 Å². The molecule has 5 nitrogen and oxygen atoms in total. The highest BCUT2D eigenvalue weighted by molar-refractivity contribution is 6.06. The first-order valence-electron chi connectivity index (χ1n) is 9.52. The third-order valence-corrected chi connectivity index (χ3v) is 5.17. The molecular formula is C24H22N2O3. The summed E-state index contributed by atoms with van der Waals surface area (Å²) < 4.78 is 5.47. The highest BCUT2D eigenvalue weighted by Crippen LogP contribution is 2.33. The van der Waals surface area contributed by atoms with Crippen molar-refractivity contribution in [1.29, 1.82) is 0 Å². The van der Waals surface area contributed by atoms with Gasteiger partial charge >= 0.3 is 0 Å². The van der Waals surface area contributed by atoms with Gasteiger partial charge in [-0.1, -0.05) is 36.4 Å². The molecule has 0 unspecified atom stereocenters. The molecule has 1 aliphatic heterocycles. The van der Waals surface area contributed by atoms with Crippen LogP contribution >= 0.6 is 0 Å². The number of amides is 2. The summed E-state index contributed by atoms with van der Waals surface area (Å²) in [6.07, 6.45) is 0.835.